The third kappa shape index (κ3) is 17.0. The maximum absolute atomic E-state index is 13.9. The molecule has 0 aliphatic carbocycles. The van der Waals surface area contributed by atoms with E-state index in [-0.39, 0.29) is 77.2 Å². The molecule has 2 aromatic carbocycles. The van der Waals surface area contributed by atoms with E-state index in [2.05, 4.69) is 31.9 Å². The minimum absolute atomic E-state index is 0.0171. The number of nitrogens with two attached hydrogens (primary N) is 5. The van der Waals surface area contributed by atoms with Crippen LogP contribution >= 0.6 is 0 Å². The molecule has 1 fully saturated rings. The number of aldehydes is 1. The van der Waals surface area contributed by atoms with Crippen molar-refractivity contribution in [1.82, 2.24) is 31.9 Å². The molecule has 0 aromatic heterocycles. The molecule has 1 saturated heterocycles. The first-order valence-corrected chi connectivity index (χ1v) is 21.5. The van der Waals surface area contributed by atoms with E-state index in [9.17, 15) is 43.5 Å². The Balaban J connectivity index is 1.77. The Hall–Kier alpha value is -5.84. The van der Waals surface area contributed by atoms with E-state index in [1.165, 1.54) is 6.92 Å². The average molecular weight is 895 g/mol. The van der Waals surface area contributed by atoms with Crippen molar-refractivity contribution in [2.24, 2.45) is 28.7 Å². The normalized spacial score (nSPS) is 16.4. The molecule has 17 N–H and O–H groups in total. The van der Waals surface area contributed by atoms with Crippen molar-refractivity contribution in [1.29, 1.82) is 0 Å². The second-order valence-corrected chi connectivity index (χ2v) is 16.0. The van der Waals surface area contributed by atoms with Crippen molar-refractivity contribution in [3.05, 3.63) is 65.7 Å². The Morgan fingerprint density at radius 1 is 0.766 bits per heavy atom. The summed E-state index contributed by atoms with van der Waals surface area (Å²) in [6.45, 7) is 1.62. The lowest BCUT2D eigenvalue weighted by atomic mass is 9.97. The van der Waals surface area contributed by atoms with Gasteiger partial charge in [0.05, 0.1) is 24.1 Å². The van der Waals surface area contributed by atoms with Crippen LogP contribution in [0.4, 0.5) is 5.69 Å². The van der Waals surface area contributed by atoms with Gasteiger partial charge in [-0.3, -0.25) is 33.6 Å². The number of rotatable bonds is 28. The van der Waals surface area contributed by atoms with E-state index in [0.29, 0.717) is 30.5 Å². The number of anilines is 1. The van der Waals surface area contributed by atoms with Gasteiger partial charge in [-0.25, -0.2) is 0 Å². The minimum Gasteiger partial charge on any atom is -0.391 e. The summed E-state index contributed by atoms with van der Waals surface area (Å²) in [6, 6.07) is 9.52. The molecule has 64 heavy (non-hydrogen) atoms. The van der Waals surface area contributed by atoms with Crippen molar-refractivity contribution in [2.75, 3.05) is 44.2 Å². The molecule has 7 amide bonds. The summed E-state index contributed by atoms with van der Waals surface area (Å²) < 4.78 is 0. The van der Waals surface area contributed by atoms with Crippen LogP contribution in [0.1, 0.15) is 63.0 Å². The van der Waals surface area contributed by atoms with Gasteiger partial charge < -0.3 is 75.4 Å². The van der Waals surface area contributed by atoms with Crippen LogP contribution in [-0.4, -0.2) is 134 Å². The predicted octanol–water partition coefficient (Wildman–Crippen LogP) is -3.80. The van der Waals surface area contributed by atoms with Gasteiger partial charge in [-0.1, -0.05) is 42.5 Å². The van der Waals surface area contributed by atoms with Crippen LogP contribution in [0, 0.1) is 0 Å². The molecule has 21 nitrogen and oxygen atoms in total. The average Bonchev–Trinajstić information content (AvgIpc) is 3.26. The molecule has 0 saturated carbocycles. The zero-order valence-electron chi connectivity index (χ0n) is 36.4. The molecule has 1 aliphatic rings. The smallest absolute Gasteiger partial charge is 0.245 e. The first kappa shape index (κ1) is 52.5. The SMILES string of the molecule is C[C@@H](O)[C@H](NC(=O)[C@H](CCN)NC[C@](N)(C=O)CCN)C(=O)NCC[C@H](NC(=O)Cc1ccc(N2CCCCC2=O)cc1)C(=O)N[C@@H](CCN)C(=O)N[C@H](Cc1ccccc1)C(N)=O. The molecule has 1 heterocycles. The van der Waals surface area contributed by atoms with Crippen LogP contribution in [0.15, 0.2) is 54.6 Å². The number of aliphatic hydroxyl groups is 1. The number of carbonyl (C=O) groups is 8. The van der Waals surface area contributed by atoms with Gasteiger partial charge in [-0.15, -0.1) is 0 Å². The van der Waals surface area contributed by atoms with Gasteiger partial charge in [-0.2, -0.15) is 0 Å². The number of aliphatic hydroxyl groups excluding tert-OH is 1. The summed E-state index contributed by atoms with van der Waals surface area (Å²) in [5, 5.41) is 26.4. The lowest BCUT2D eigenvalue weighted by molar-refractivity contribution is -0.133. The fourth-order valence-corrected chi connectivity index (χ4v) is 7.00. The van der Waals surface area contributed by atoms with E-state index in [4.69, 9.17) is 28.7 Å². The van der Waals surface area contributed by atoms with E-state index < -0.39 is 77.3 Å². The van der Waals surface area contributed by atoms with Gasteiger partial charge >= 0.3 is 0 Å². The standard InChI is InChI=1S/C43H66N12O9/c1-27(57)37(54-39(61)31(14-18-44)50-25-43(48,26-56)17-20-46)42(64)49-21-16-33(51-35(58)24-29-10-12-30(13-11-29)55-22-6-5-9-36(55)59)41(63)52-32(15-19-45)40(62)53-34(38(47)60)23-28-7-3-2-4-8-28/h2-4,7-8,10-13,26-27,31-34,37,50,57H,5-6,9,14-25,44-46,48H2,1H3,(H2,47,60)(H,49,64)(H,51,58)(H,52,63)(H,53,62)(H,54,61)/t27-,31+,32+,33+,34-,37+,43+/m1/s1. The second-order valence-electron chi connectivity index (χ2n) is 16.0. The van der Waals surface area contributed by atoms with Crippen molar-refractivity contribution >= 4 is 53.3 Å². The van der Waals surface area contributed by atoms with Gasteiger partial charge in [-0.05, 0) is 88.3 Å². The van der Waals surface area contributed by atoms with E-state index >= 15 is 0 Å². The molecule has 0 bridgehead atoms. The van der Waals surface area contributed by atoms with Crippen LogP contribution in [0.2, 0.25) is 0 Å². The van der Waals surface area contributed by atoms with Crippen molar-refractivity contribution < 1.29 is 43.5 Å². The van der Waals surface area contributed by atoms with E-state index in [1.54, 1.807) is 59.5 Å². The molecule has 0 unspecified atom stereocenters. The summed E-state index contributed by atoms with van der Waals surface area (Å²) >= 11 is 0. The Labute approximate surface area is 373 Å². The zero-order chi connectivity index (χ0) is 47.2. The van der Waals surface area contributed by atoms with Crippen LogP contribution in [0.3, 0.4) is 0 Å². The minimum atomic E-state index is -1.48. The summed E-state index contributed by atoms with van der Waals surface area (Å²) in [7, 11) is 0. The van der Waals surface area contributed by atoms with Crippen molar-refractivity contribution in [3.63, 3.8) is 0 Å². The number of amides is 7. The molecule has 1 aliphatic heterocycles. The lowest BCUT2D eigenvalue weighted by Crippen LogP contribution is -2.60. The maximum Gasteiger partial charge on any atom is 0.245 e. The Bertz CT molecular complexity index is 1870. The van der Waals surface area contributed by atoms with E-state index in [0.717, 1.165) is 18.4 Å². The van der Waals surface area contributed by atoms with E-state index in [1.807, 2.05) is 0 Å². The largest absolute Gasteiger partial charge is 0.391 e. The number of hydrogen-bond donors (Lipinski definition) is 12. The summed E-state index contributed by atoms with van der Waals surface area (Å²) in [6.07, 6.45) is 1.16. The van der Waals surface area contributed by atoms with Gasteiger partial charge in [0, 0.05) is 38.2 Å². The molecular weight excluding hydrogens is 829 g/mol. The second kappa shape index (κ2) is 26.7. The number of nitrogens with one attached hydrogen (secondary N) is 6. The number of benzene rings is 2. The van der Waals surface area contributed by atoms with Crippen LogP contribution in [0.5, 0.6) is 0 Å². The Morgan fingerprint density at radius 3 is 1.95 bits per heavy atom. The Morgan fingerprint density at radius 2 is 1.38 bits per heavy atom. The van der Waals surface area contributed by atoms with Crippen molar-refractivity contribution in [2.45, 2.75) is 107 Å². The molecular formula is C43H66N12O9. The Kier molecular flexibility index (Phi) is 21.9. The van der Waals surface area contributed by atoms with Crippen LogP contribution in [0.25, 0.3) is 0 Å². The maximum atomic E-state index is 13.9. The number of carbonyl (C=O) groups excluding carboxylic acids is 8. The molecule has 3 rings (SSSR count). The van der Waals surface area contributed by atoms with Gasteiger partial charge in [0.25, 0.3) is 0 Å². The molecule has 0 radical (unpaired) electrons. The highest BCUT2D eigenvalue weighted by molar-refractivity contribution is 5.95. The lowest BCUT2D eigenvalue weighted by Gasteiger charge is -2.28. The summed E-state index contributed by atoms with van der Waals surface area (Å²) in [5.41, 5.74) is 29.4. The monoisotopic (exact) mass is 895 g/mol. The van der Waals surface area contributed by atoms with Crippen LogP contribution in [-0.2, 0) is 51.2 Å². The molecule has 7 atom stereocenters. The van der Waals surface area contributed by atoms with Crippen molar-refractivity contribution in [3.8, 4) is 0 Å². The number of piperidine rings is 1. The summed E-state index contributed by atoms with van der Waals surface area (Å²) in [5.74, 6) is -4.46. The summed E-state index contributed by atoms with van der Waals surface area (Å²) in [4.78, 5) is 106. The first-order valence-electron chi connectivity index (χ1n) is 21.5. The topological polar surface area (TPSA) is 362 Å². The highest BCUT2D eigenvalue weighted by Crippen LogP contribution is 2.21. The van der Waals surface area contributed by atoms with Gasteiger partial charge in [0.15, 0.2) is 0 Å². The zero-order valence-corrected chi connectivity index (χ0v) is 36.4. The quantitative estimate of drug-likeness (QED) is 0.0365. The third-order valence-electron chi connectivity index (χ3n) is 10.7. The third-order valence-corrected chi connectivity index (χ3v) is 10.7. The number of primary amides is 1. The molecule has 352 valence electrons. The first-order chi connectivity index (χ1) is 30.5. The fourth-order valence-electron chi connectivity index (χ4n) is 7.00. The number of nitrogens with zero attached hydrogens (tertiary/aromatic N) is 1. The molecule has 2 aromatic rings. The predicted molar refractivity (Wildman–Crippen MR) is 239 cm³/mol. The molecule has 21 heteroatoms. The molecule has 0 spiro atoms. The fraction of sp³-hybridized carbons (Fsp3) is 0.535. The highest BCUT2D eigenvalue weighted by Gasteiger charge is 2.33. The highest BCUT2D eigenvalue weighted by atomic mass is 16.3. The van der Waals surface area contributed by atoms with Gasteiger partial charge in [0.2, 0.25) is 41.4 Å². The number of hydrogen-bond acceptors (Lipinski definition) is 14. The van der Waals surface area contributed by atoms with Crippen LogP contribution < -0.4 is 65.5 Å². The van der Waals surface area contributed by atoms with Gasteiger partial charge in [0.1, 0.15) is 30.5 Å².